The standard InChI is InChI=1S/C25H25N3O/c1-3-19-8-4-5-9-21(19)26-24(29)16-15-22-25(20-13-11-18(2)12-14-20)27-23-10-6-7-17-28(22)23/h4-14,17H,3,15-16H2,1-2H3,(H,26,29). The summed E-state index contributed by atoms with van der Waals surface area (Å²) in [5, 5.41) is 3.07. The van der Waals surface area contributed by atoms with Gasteiger partial charge in [-0.3, -0.25) is 4.79 Å². The Bertz CT molecular complexity index is 1140. The second-order valence-corrected chi connectivity index (χ2v) is 7.26. The van der Waals surface area contributed by atoms with Gasteiger partial charge in [-0.1, -0.05) is 61.0 Å². The zero-order valence-corrected chi connectivity index (χ0v) is 16.9. The first-order valence-corrected chi connectivity index (χ1v) is 10.1. The smallest absolute Gasteiger partial charge is 0.224 e. The highest BCUT2D eigenvalue weighted by Gasteiger charge is 2.15. The number of carbonyl (C=O) groups is 1. The Morgan fingerprint density at radius 1 is 1.00 bits per heavy atom. The maximum atomic E-state index is 12.7. The highest BCUT2D eigenvalue weighted by atomic mass is 16.1. The summed E-state index contributed by atoms with van der Waals surface area (Å²) in [6.45, 7) is 4.17. The van der Waals surface area contributed by atoms with Crippen LogP contribution in [0.15, 0.2) is 72.9 Å². The SMILES string of the molecule is CCc1ccccc1NC(=O)CCc1c(-c2ccc(C)cc2)nc2ccccn12. The Morgan fingerprint density at radius 3 is 2.55 bits per heavy atom. The molecular weight excluding hydrogens is 358 g/mol. The van der Waals surface area contributed by atoms with E-state index >= 15 is 0 Å². The molecule has 2 heterocycles. The van der Waals surface area contributed by atoms with Crippen LogP contribution in [0, 0.1) is 6.92 Å². The summed E-state index contributed by atoms with van der Waals surface area (Å²) in [4.78, 5) is 17.5. The van der Waals surface area contributed by atoms with Gasteiger partial charge >= 0.3 is 0 Å². The van der Waals surface area contributed by atoms with E-state index in [1.165, 1.54) is 5.56 Å². The van der Waals surface area contributed by atoms with Crippen molar-refractivity contribution in [3.05, 3.63) is 89.7 Å². The molecule has 0 radical (unpaired) electrons. The van der Waals surface area contributed by atoms with Gasteiger partial charge in [0.05, 0.1) is 11.4 Å². The van der Waals surface area contributed by atoms with E-state index in [1.807, 2.05) is 42.6 Å². The molecule has 0 spiro atoms. The summed E-state index contributed by atoms with van der Waals surface area (Å²) in [6, 6.07) is 22.3. The van der Waals surface area contributed by atoms with E-state index in [4.69, 9.17) is 4.98 Å². The Labute approximate surface area is 171 Å². The van der Waals surface area contributed by atoms with Gasteiger partial charge in [0.15, 0.2) is 0 Å². The van der Waals surface area contributed by atoms with Gasteiger partial charge < -0.3 is 9.72 Å². The summed E-state index contributed by atoms with van der Waals surface area (Å²) in [7, 11) is 0. The molecule has 0 saturated heterocycles. The van der Waals surface area contributed by atoms with Crippen LogP contribution in [0.2, 0.25) is 0 Å². The van der Waals surface area contributed by atoms with Crippen LogP contribution >= 0.6 is 0 Å². The topological polar surface area (TPSA) is 46.4 Å². The van der Waals surface area contributed by atoms with Crippen molar-refractivity contribution in [3.63, 3.8) is 0 Å². The number of hydrogen-bond donors (Lipinski definition) is 1. The number of aromatic nitrogens is 2. The van der Waals surface area contributed by atoms with Crippen molar-refractivity contribution in [2.45, 2.75) is 33.1 Å². The molecule has 4 rings (SSSR count). The van der Waals surface area contributed by atoms with Crippen molar-refractivity contribution in [2.75, 3.05) is 5.32 Å². The van der Waals surface area contributed by atoms with Crippen molar-refractivity contribution in [3.8, 4) is 11.3 Å². The average molecular weight is 383 g/mol. The third kappa shape index (κ3) is 4.06. The number of amides is 1. The molecule has 4 nitrogen and oxygen atoms in total. The van der Waals surface area contributed by atoms with Crippen LogP contribution in [-0.4, -0.2) is 15.3 Å². The number of rotatable bonds is 6. The number of nitrogens with one attached hydrogen (secondary N) is 1. The molecular formula is C25H25N3O. The number of nitrogens with zero attached hydrogens (tertiary/aromatic N) is 2. The largest absolute Gasteiger partial charge is 0.326 e. The number of para-hydroxylation sites is 1. The lowest BCUT2D eigenvalue weighted by Gasteiger charge is -2.10. The number of anilines is 1. The molecule has 1 amide bonds. The Balaban J connectivity index is 1.59. The molecule has 0 unspecified atom stereocenters. The van der Waals surface area contributed by atoms with Crippen molar-refractivity contribution in [2.24, 2.45) is 0 Å². The summed E-state index contributed by atoms with van der Waals surface area (Å²) < 4.78 is 2.09. The van der Waals surface area contributed by atoms with Crippen molar-refractivity contribution < 1.29 is 4.79 Å². The lowest BCUT2D eigenvalue weighted by Crippen LogP contribution is -2.14. The Kier molecular flexibility index (Phi) is 5.43. The normalized spacial score (nSPS) is 11.0. The Hall–Kier alpha value is -3.40. The number of hydrogen-bond acceptors (Lipinski definition) is 2. The minimum absolute atomic E-state index is 0.0200. The molecule has 0 bridgehead atoms. The highest BCUT2D eigenvalue weighted by Crippen LogP contribution is 2.26. The molecule has 0 aliphatic carbocycles. The molecule has 0 fully saturated rings. The predicted octanol–water partition coefficient (Wildman–Crippen LogP) is 5.44. The maximum Gasteiger partial charge on any atom is 0.224 e. The van der Waals surface area contributed by atoms with Gasteiger partial charge in [-0.2, -0.15) is 0 Å². The fourth-order valence-electron chi connectivity index (χ4n) is 3.62. The van der Waals surface area contributed by atoms with Crippen molar-refractivity contribution in [1.29, 1.82) is 0 Å². The average Bonchev–Trinajstić information content (AvgIpc) is 3.12. The molecule has 1 N–H and O–H groups in total. The molecule has 0 aliphatic heterocycles. The number of pyridine rings is 1. The molecule has 0 saturated carbocycles. The number of fused-ring (bicyclic) bond motifs is 1. The van der Waals surface area contributed by atoms with E-state index < -0.39 is 0 Å². The van der Waals surface area contributed by atoms with Gasteiger partial charge in [0.25, 0.3) is 0 Å². The minimum atomic E-state index is 0.0200. The van der Waals surface area contributed by atoms with Crippen LogP contribution in [0.3, 0.4) is 0 Å². The summed E-state index contributed by atoms with van der Waals surface area (Å²) >= 11 is 0. The van der Waals surface area contributed by atoms with Gasteiger partial charge in [-0.25, -0.2) is 4.98 Å². The molecule has 29 heavy (non-hydrogen) atoms. The highest BCUT2D eigenvalue weighted by molar-refractivity contribution is 5.91. The van der Waals surface area contributed by atoms with Gasteiger partial charge in [-0.15, -0.1) is 0 Å². The third-order valence-corrected chi connectivity index (χ3v) is 5.22. The molecule has 0 atom stereocenters. The van der Waals surface area contributed by atoms with Gasteiger partial charge in [0.1, 0.15) is 5.65 Å². The van der Waals surface area contributed by atoms with Crippen molar-refractivity contribution >= 4 is 17.2 Å². The zero-order chi connectivity index (χ0) is 20.2. The van der Waals surface area contributed by atoms with Gasteiger partial charge in [0, 0.05) is 23.9 Å². The summed E-state index contributed by atoms with van der Waals surface area (Å²) in [5.41, 5.74) is 7.24. The molecule has 4 aromatic rings. The Morgan fingerprint density at radius 2 is 1.76 bits per heavy atom. The van der Waals surface area contributed by atoms with E-state index in [9.17, 15) is 4.79 Å². The quantitative estimate of drug-likeness (QED) is 0.482. The summed E-state index contributed by atoms with van der Waals surface area (Å²) in [6.07, 6.45) is 3.93. The first-order chi connectivity index (χ1) is 14.2. The number of carbonyl (C=O) groups excluding carboxylic acids is 1. The predicted molar refractivity (Wildman–Crippen MR) is 118 cm³/mol. The monoisotopic (exact) mass is 383 g/mol. The molecule has 2 aromatic carbocycles. The zero-order valence-electron chi connectivity index (χ0n) is 16.9. The van der Waals surface area contributed by atoms with Crippen LogP contribution in [-0.2, 0) is 17.6 Å². The first kappa shape index (κ1) is 18.9. The van der Waals surface area contributed by atoms with E-state index in [1.54, 1.807) is 0 Å². The van der Waals surface area contributed by atoms with Crippen LogP contribution < -0.4 is 5.32 Å². The van der Waals surface area contributed by atoms with E-state index in [-0.39, 0.29) is 5.91 Å². The van der Waals surface area contributed by atoms with E-state index in [0.717, 1.165) is 40.3 Å². The first-order valence-electron chi connectivity index (χ1n) is 10.1. The molecule has 0 aliphatic rings. The summed E-state index contributed by atoms with van der Waals surface area (Å²) in [5.74, 6) is 0.0200. The molecule has 2 aromatic heterocycles. The van der Waals surface area contributed by atoms with E-state index in [2.05, 4.69) is 53.9 Å². The van der Waals surface area contributed by atoms with E-state index in [0.29, 0.717) is 12.8 Å². The van der Waals surface area contributed by atoms with Crippen LogP contribution in [0.1, 0.15) is 30.2 Å². The second-order valence-electron chi connectivity index (χ2n) is 7.26. The van der Waals surface area contributed by atoms with Crippen LogP contribution in [0.5, 0.6) is 0 Å². The maximum absolute atomic E-state index is 12.7. The molecule has 146 valence electrons. The number of imidazole rings is 1. The van der Waals surface area contributed by atoms with Gasteiger partial charge in [-0.05, 0) is 43.5 Å². The minimum Gasteiger partial charge on any atom is -0.326 e. The third-order valence-electron chi connectivity index (χ3n) is 5.22. The number of benzene rings is 2. The van der Waals surface area contributed by atoms with Gasteiger partial charge in [0.2, 0.25) is 5.91 Å². The lowest BCUT2D eigenvalue weighted by molar-refractivity contribution is -0.116. The van der Waals surface area contributed by atoms with Crippen LogP contribution in [0.4, 0.5) is 5.69 Å². The van der Waals surface area contributed by atoms with Crippen molar-refractivity contribution in [1.82, 2.24) is 9.38 Å². The second kappa shape index (κ2) is 8.31. The fourth-order valence-corrected chi connectivity index (χ4v) is 3.62. The molecule has 4 heteroatoms. The lowest BCUT2D eigenvalue weighted by atomic mass is 10.1. The number of aryl methyl sites for hydroxylation is 3. The van der Waals surface area contributed by atoms with Crippen LogP contribution in [0.25, 0.3) is 16.9 Å². The fraction of sp³-hybridized carbons (Fsp3) is 0.200.